The zero-order valence-electron chi connectivity index (χ0n) is 9.88. The Morgan fingerprint density at radius 1 is 1.40 bits per heavy atom. The third kappa shape index (κ3) is 4.62. The maximum atomic E-state index is 10.9. The minimum absolute atomic E-state index is 0.0626. The van der Waals surface area contributed by atoms with Crippen molar-refractivity contribution in [2.45, 2.75) is 39.5 Å². The molecule has 0 radical (unpaired) electrons. The lowest BCUT2D eigenvalue weighted by molar-refractivity contribution is -0.121. The molecule has 0 saturated carbocycles. The first-order valence-corrected chi connectivity index (χ1v) is 5.75. The predicted molar refractivity (Wildman–Crippen MR) is 61.0 cm³/mol. The Kier molecular flexibility index (Phi) is 4.54. The van der Waals surface area contributed by atoms with Gasteiger partial charge in [-0.15, -0.1) is 0 Å². The normalized spacial score (nSPS) is 21.3. The number of hydrazine groups is 1. The molecule has 4 heteroatoms. The molecule has 1 saturated heterocycles. The molecule has 3 N–H and O–H groups in total. The molecule has 0 aromatic carbocycles. The second-order valence-corrected chi connectivity index (χ2v) is 5.18. The highest BCUT2D eigenvalue weighted by molar-refractivity contribution is 5.75. The van der Waals surface area contributed by atoms with Crippen LogP contribution in [-0.2, 0) is 4.79 Å². The number of piperidine rings is 1. The van der Waals surface area contributed by atoms with Gasteiger partial charge in [-0.2, -0.15) is 0 Å². The Bertz CT molecular complexity index is 206. The molecular weight excluding hydrogens is 190 g/mol. The molecule has 0 aromatic rings. The first-order chi connectivity index (χ1) is 7.03. The van der Waals surface area contributed by atoms with Gasteiger partial charge < -0.3 is 4.90 Å². The lowest BCUT2D eigenvalue weighted by Gasteiger charge is -2.36. The van der Waals surface area contributed by atoms with Crippen molar-refractivity contribution in [1.29, 1.82) is 0 Å². The molecule has 1 fully saturated rings. The van der Waals surface area contributed by atoms with E-state index in [4.69, 9.17) is 5.84 Å². The van der Waals surface area contributed by atoms with Gasteiger partial charge in [-0.1, -0.05) is 13.8 Å². The number of hydrogen-bond acceptors (Lipinski definition) is 3. The van der Waals surface area contributed by atoms with Gasteiger partial charge in [0.15, 0.2) is 0 Å². The topological polar surface area (TPSA) is 58.4 Å². The molecule has 1 aliphatic heterocycles. The lowest BCUT2D eigenvalue weighted by atomic mass is 9.82. The zero-order valence-corrected chi connectivity index (χ0v) is 9.88. The summed E-state index contributed by atoms with van der Waals surface area (Å²) in [4.78, 5) is 13.3. The number of nitrogens with zero attached hydrogens (tertiary/aromatic N) is 1. The van der Waals surface area contributed by atoms with Gasteiger partial charge in [-0.05, 0) is 44.3 Å². The van der Waals surface area contributed by atoms with Crippen LogP contribution in [0.15, 0.2) is 0 Å². The molecule has 0 aromatic heterocycles. The van der Waals surface area contributed by atoms with E-state index in [0.717, 1.165) is 26.1 Å². The molecule has 0 aliphatic carbocycles. The van der Waals surface area contributed by atoms with Crippen LogP contribution in [0.25, 0.3) is 0 Å². The number of carbonyl (C=O) groups is 1. The van der Waals surface area contributed by atoms with Crippen LogP contribution in [0.3, 0.4) is 0 Å². The average Bonchev–Trinajstić information content (AvgIpc) is 2.20. The highest BCUT2D eigenvalue weighted by Gasteiger charge is 2.24. The molecular formula is C11H23N3O. The Hall–Kier alpha value is -0.610. The summed E-state index contributed by atoms with van der Waals surface area (Å²) in [7, 11) is 0. The molecule has 88 valence electrons. The van der Waals surface area contributed by atoms with Crippen molar-refractivity contribution in [3.63, 3.8) is 0 Å². The van der Waals surface area contributed by atoms with Crippen LogP contribution in [-0.4, -0.2) is 30.4 Å². The standard InChI is InChI=1S/C11H23N3O/c1-11(2)5-8-14(9-6-11)7-3-4-10(15)13-12/h3-9,12H2,1-2H3,(H,13,15). The Balaban J connectivity index is 2.11. The number of rotatable bonds is 4. The number of likely N-dealkylation sites (tertiary alicyclic amines) is 1. The van der Waals surface area contributed by atoms with E-state index in [-0.39, 0.29) is 5.91 Å². The Labute approximate surface area is 92.2 Å². The van der Waals surface area contributed by atoms with Crippen molar-refractivity contribution in [1.82, 2.24) is 10.3 Å². The molecule has 4 nitrogen and oxygen atoms in total. The van der Waals surface area contributed by atoms with E-state index in [9.17, 15) is 4.79 Å². The van der Waals surface area contributed by atoms with Gasteiger partial charge in [0.1, 0.15) is 0 Å². The second kappa shape index (κ2) is 5.47. The lowest BCUT2D eigenvalue weighted by Crippen LogP contribution is -2.38. The second-order valence-electron chi connectivity index (χ2n) is 5.18. The third-order valence-corrected chi connectivity index (χ3v) is 3.25. The van der Waals surface area contributed by atoms with Crippen molar-refractivity contribution in [2.75, 3.05) is 19.6 Å². The number of amides is 1. The number of nitrogens with one attached hydrogen (secondary N) is 1. The fraction of sp³-hybridized carbons (Fsp3) is 0.909. The van der Waals surface area contributed by atoms with E-state index < -0.39 is 0 Å². The van der Waals surface area contributed by atoms with E-state index in [2.05, 4.69) is 24.2 Å². The minimum atomic E-state index is -0.0626. The van der Waals surface area contributed by atoms with E-state index in [0.29, 0.717) is 11.8 Å². The fourth-order valence-electron chi connectivity index (χ4n) is 1.92. The van der Waals surface area contributed by atoms with Crippen LogP contribution in [0.4, 0.5) is 0 Å². The highest BCUT2D eigenvalue weighted by Crippen LogP contribution is 2.29. The third-order valence-electron chi connectivity index (χ3n) is 3.25. The number of nitrogens with two attached hydrogens (primary N) is 1. The quantitative estimate of drug-likeness (QED) is 0.414. The molecule has 1 rings (SSSR count). The summed E-state index contributed by atoms with van der Waals surface area (Å²) < 4.78 is 0. The Morgan fingerprint density at radius 2 is 2.00 bits per heavy atom. The average molecular weight is 213 g/mol. The van der Waals surface area contributed by atoms with E-state index in [1.165, 1.54) is 12.8 Å². The SMILES string of the molecule is CC1(C)CCN(CCCC(=O)NN)CC1. The molecule has 0 spiro atoms. The highest BCUT2D eigenvalue weighted by atomic mass is 16.2. The summed E-state index contributed by atoms with van der Waals surface area (Å²) in [6.07, 6.45) is 3.96. The maximum absolute atomic E-state index is 10.9. The number of carbonyl (C=O) groups excluding carboxylic acids is 1. The minimum Gasteiger partial charge on any atom is -0.303 e. The van der Waals surface area contributed by atoms with Crippen molar-refractivity contribution in [3.05, 3.63) is 0 Å². The van der Waals surface area contributed by atoms with Gasteiger partial charge in [0.05, 0.1) is 0 Å². The fourth-order valence-corrected chi connectivity index (χ4v) is 1.92. The molecule has 0 atom stereocenters. The molecule has 1 heterocycles. The zero-order chi connectivity index (χ0) is 11.3. The smallest absolute Gasteiger partial charge is 0.233 e. The van der Waals surface area contributed by atoms with Gasteiger partial charge in [-0.25, -0.2) is 5.84 Å². The largest absolute Gasteiger partial charge is 0.303 e. The van der Waals surface area contributed by atoms with Crippen molar-refractivity contribution < 1.29 is 4.79 Å². The van der Waals surface area contributed by atoms with Crippen LogP contribution in [0.1, 0.15) is 39.5 Å². The monoisotopic (exact) mass is 213 g/mol. The Morgan fingerprint density at radius 3 is 2.53 bits per heavy atom. The summed E-state index contributed by atoms with van der Waals surface area (Å²) in [6.45, 7) is 8.00. The molecule has 1 amide bonds. The molecule has 0 unspecified atom stereocenters. The maximum Gasteiger partial charge on any atom is 0.233 e. The van der Waals surface area contributed by atoms with Gasteiger partial charge in [-0.3, -0.25) is 10.2 Å². The molecule has 15 heavy (non-hydrogen) atoms. The van der Waals surface area contributed by atoms with E-state index in [1.54, 1.807) is 0 Å². The predicted octanol–water partition coefficient (Wildman–Crippen LogP) is 0.879. The van der Waals surface area contributed by atoms with Crippen molar-refractivity contribution in [2.24, 2.45) is 11.3 Å². The van der Waals surface area contributed by atoms with Crippen LogP contribution in [0, 0.1) is 5.41 Å². The number of hydrogen-bond donors (Lipinski definition) is 2. The van der Waals surface area contributed by atoms with Crippen LogP contribution in [0.5, 0.6) is 0 Å². The van der Waals surface area contributed by atoms with E-state index >= 15 is 0 Å². The van der Waals surface area contributed by atoms with Crippen molar-refractivity contribution >= 4 is 5.91 Å². The van der Waals surface area contributed by atoms with Gasteiger partial charge in [0, 0.05) is 6.42 Å². The first kappa shape index (κ1) is 12.5. The summed E-state index contributed by atoms with van der Waals surface area (Å²) in [6, 6.07) is 0. The van der Waals surface area contributed by atoms with Crippen LogP contribution < -0.4 is 11.3 Å². The molecule has 1 aliphatic rings. The summed E-state index contributed by atoms with van der Waals surface area (Å²) in [5, 5.41) is 0. The van der Waals surface area contributed by atoms with Gasteiger partial charge in [0.25, 0.3) is 0 Å². The van der Waals surface area contributed by atoms with Gasteiger partial charge >= 0.3 is 0 Å². The molecule has 0 bridgehead atoms. The van der Waals surface area contributed by atoms with Gasteiger partial charge in [0.2, 0.25) is 5.91 Å². The summed E-state index contributed by atoms with van der Waals surface area (Å²) in [5.41, 5.74) is 2.66. The van der Waals surface area contributed by atoms with Crippen molar-refractivity contribution in [3.8, 4) is 0 Å². The van der Waals surface area contributed by atoms with Crippen LogP contribution >= 0.6 is 0 Å². The van der Waals surface area contributed by atoms with E-state index in [1.807, 2.05) is 0 Å². The summed E-state index contributed by atoms with van der Waals surface area (Å²) in [5.74, 6) is 4.95. The summed E-state index contributed by atoms with van der Waals surface area (Å²) >= 11 is 0. The first-order valence-electron chi connectivity index (χ1n) is 5.75. The van der Waals surface area contributed by atoms with Crippen LogP contribution in [0.2, 0.25) is 0 Å².